The Morgan fingerprint density at radius 3 is 2.40 bits per heavy atom. The van der Waals surface area contributed by atoms with Gasteiger partial charge in [-0.1, -0.05) is 0 Å². The standard InChI is InChI=1S/C2H5O.Au.BrH/c1-2-3;;/h3H,1-2H2;;1H/q;+1;/p-1. The first-order valence-corrected chi connectivity index (χ1v) is 7.41. The van der Waals surface area contributed by atoms with Gasteiger partial charge in [-0.15, -0.1) is 0 Å². The Kier molecular flexibility index (Phi) is 6.40. The normalized spacial score (nSPS) is 9.20. The number of halogens is 1. The molecule has 0 aliphatic heterocycles. The molecule has 0 saturated carbocycles. The van der Waals surface area contributed by atoms with E-state index < -0.39 is 0 Å². The number of aliphatic hydroxyl groups excluding tert-OH is 1. The van der Waals surface area contributed by atoms with Crippen LogP contribution in [0.4, 0.5) is 0 Å². The molecule has 0 amide bonds. The quantitative estimate of drug-likeness (QED) is 0.746. The van der Waals surface area contributed by atoms with Crippen LogP contribution in [-0.4, -0.2) is 11.7 Å². The Morgan fingerprint density at radius 1 is 1.80 bits per heavy atom. The van der Waals surface area contributed by atoms with Gasteiger partial charge in [-0.05, 0) is 0 Å². The summed E-state index contributed by atoms with van der Waals surface area (Å²) in [5, 5.41) is 8.06. The van der Waals surface area contributed by atoms with E-state index in [2.05, 4.69) is 13.0 Å². The SMILES string of the molecule is OC[CH2][Au][Br]. The summed E-state index contributed by atoms with van der Waals surface area (Å²) < 4.78 is 0.958. The summed E-state index contributed by atoms with van der Waals surface area (Å²) in [6, 6.07) is 0. The molecule has 1 nitrogen and oxygen atoms in total. The molecule has 0 heterocycles. The molecule has 0 aromatic heterocycles. The summed E-state index contributed by atoms with van der Waals surface area (Å²) in [5.41, 5.74) is 0. The van der Waals surface area contributed by atoms with E-state index >= 15 is 0 Å². The van der Waals surface area contributed by atoms with Crippen molar-refractivity contribution in [3.8, 4) is 0 Å². The molecule has 0 aliphatic carbocycles. The summed E-state index contributed by atoms with van der Waals surface area (Å²) in [6.45, 7) is 0.340. The zero-order valence-electron chi connectivity index (χ0n) is 2.54. The van der Waals surface area contributed by atoms with Gasteiger partial charge in [-0.3, -0.25) is 0 Å². The molecule has 3 heteroatoms. The van der Waals surface area contributed by atoms with Crippen LogP contribution in [0.3, 0.4) is 0 Å². The summed E-state index contributed by atoms with van der Waals surface area (Å²) in [6.07, 6.45) is 0. The van der Waals surface area contributed by atoms with E-state index in [1.54, 1.807) is 0 Å². The second-order valence-corrected chi connectivity index (χ2v) is 4.88. The predicted molar refractivity (Wildman–Crippen MR) is 20.8 cm³/mol. The van der Waals surface area contributed by atoms with Crippen LogP contribution in [0.5, 0.6) is 0 Å². The molecule has 0 unspecified atom stereocenters. The first-order valence-electron chi connectivity index (χ1n) is 1.14. The first kappa shape index (κ1) is 6.18. The molecule has 1 N–H and O–H groups in total. The van der Waals surface area contributed by atoms with E-state index in [9.17, 15) is 0 Å². The van der Waals surface area contributed by atoms with Crippen molar-refractivity contribution in [2.45, 2.75) is 4.64 Å². The van der Waals surface area contributed by atoms with Crippen LogP contribution in [0.2, 0.25) is 4.64 Å². The third-order valence-corrected chi connectivity index (χ3v) is 2.98. The Hall–Kier alpha value is 1.18. The van der Waals surface area contributed by atoms with Crippen molar-refractivity contribution in [1.82, 2.24) is 0 Å². The molecule has 0 radical (unpaired) electrons. The van der Waals surface area contributed by atoms with Crippen LogP contribution in [0.15, 0.2) is 0 Å². The number of rotatable bonds is 2. The van der Waals surface area contributed by atoms with Gasteiger partial charge in [0, 0.05) is 0 Å². The van der Waals surface area contributed by atoms with Gasteiger partial charge in [0.15, 0.2) is 0 Å². The maximum absolute atomic E-state index is 8.06. The minimum absolute atomic E-state index is 0.255. The fourth-order valence-electron chi connectivity index (χ4n) is 0.0255. The van der Waals surface area contributed by atoms with Gasteiger partial charge in [0.25, 0.3) is 0 Å². The van der Waals surface area contributed by atoms with E-state index in [1.165, 1.54) is 0 Å². The van der Waals surface area contributed by atoms with Crippen molar-refractivity contribution >= 4 is 13.0 Å². The molecule has 0 rings (SSSR count). The fourth-order valence-corrected chi connectivity index (χ4v) is 1.08. The molecule has 37 valence electrons. The van der Waals surface area contributed by atoms with Crippen LogP contribution in [0.1, 0.15) is 0 Å². The predicted octanol–water partition coefficient (Wildman–Crippen LogP) is 0.789. The van der Waals surface area contributed by atoms with Crippen LogP contribution in [0.25, 0.3) is 0 Å². The van der Waals surface area contributed by atoms with Crippen LogP contribution < -0.4 is 0 Å². The van der Waals surface area contributed by atoms with Crippen molar-refractivity contribution in [3.05, 3.63) is 0 Å². The van der Waals surface area contributed by atoms with Crippen molar-refractivity contribution < 1.29 is 22.7 Å². The van der Waals surface area contributed by atoms with Crippen LogP contribution in [0, 0.1) is 0 Å². The molecule has 0 aliphatic rings. The zero-order chi connectivity index (χ0) is 4.12. The van der Waals surface area contributed by atoms with Crippen molar-refractivity contribution in [3.63, 3.8) is 0 Å². The zero-order valence-corrected chi connectivity index (χ0v) is 6.29. The molecular formula is C2H5AuBrO. The van der Waals surface area contributed by atoms with Gasteiger partial charge >= 0.3 is 47.0 Å². The molecular weight excluding hydrogens is 317 g/mol. The van der Waals surface area contributed by atoms with Crippen molar-refractivity contribution in [2.24, 2.45) is 0 Å². The molecule has 0 aromatic carbocycles. The molecule has 0 spiro atoms. The van der Waals surface area contributed by atoms with Gasteiger partial charge in [0.05, 0.1) is 0 Å². The third-order valence-electron chi connectivity index (χ3n) is 0.124. The van der Waals surface area contributed by atoms with E-state index in [0.29, 0.717) is 6.61 Å². The summed E-state index contributed by atoms with van der Waals surface area (Å²) in [7, 11) is 0. The maximum atomic E-state index is 8.06. The van der Waals surface area contributed by atoms with Crippen LogP contribution in [-0.2, 0) is 17.6 Å². The van der Waals surface area contributed by atoms with E-state index in [-0.39, 0.29) is 17.6 Å². The topological polar surface area (TPSA) is 20.2 Å². The fraction of sp³-hybridized carbons (Fsp3) is 1.00. The Morgan fingerprint density at radius 2 is 2.40 bits per heavy atom. The van der Waals surface area contributed by atoms with Crippen molar-refractivity contribution in [2.75, 3.05) is 6.61 Å². The van der Waals surface area contributed by atoms with Gasteiger partial charge < -0.3 is 0 Å². The first-order chi connectivity index (χ1) is 2.41. The van der Waals surface area contributed by atoms with Crippen molar-refractivity contribution in [1.29, 1.82) is 0 Å². The average molecular weight is 322 g/mol. The van der Waals surface area contributed by atoms with E-state index in [1.807, 2.05) is 0 Å². The van der Waals surface area contributed by atoms with Gasteiger partial charge in [-0.25, -0.2) is 0 Å². The van der Waals surface area contributed by atoms with E-state index in [4.69, 9.17) is 5.11 Å². The number of aliphatic hydroxyl groups is 1. The molecule has 0 atom stereocenters. The Bertz CT molecular complexity index is 17.1. The molecule has 0 bridgehead atoms. The van der Waals surface area contributed by atoms with Crippen LogP contribution >= 0.6 is 13.0 Å². The second kappa shape index (κ2) is 5.18. The number of hydrogen-bond acceptors (Lipinski definition) is 1. The summed E-state index contributed by atoms with van der Waals surface area (Å²) in [5.74, 6) is 0. The Balaban J connectivity index is 2.19. The molecule has 0 fully saturated rings. The average Bonchev–Trinajstić information content (AvgIpc) is 1.41. The molecule has 5 heavy (non-hydrogen) atoms. The Labute approximate surface area is 47.0 Å². The summed E-state index contributed by atoms with van der Waals surface area (Å²) >= 11 is 3.50. The third kappa shape index (κ3) is 5.18. The minimum atomic E-state index is 0.255. The molecule has 0 saturated heterocycles. The van der Waals surface area contributed by atoms with Gasteiger partial charge in [0.1, 0.15) is 0 Å². The monoisotopic (exact) mass is 321 g/mol. The van der Waals surface area contributed by atoms with E-state index in [0.717, 1.165) is 4.64 Å². The number of hydrogen-bond donors (Lipinski definition) is 1. The van der Waals surface area contributed by atoms with Gasteiger partial charge in [0.2, 0.25) is 0 Å². The van der Waals surface area contributed by atoms with Gasteiger partial charge in [-0.2, -0.15) is 0 Å². The molecule has 0 aromatic rings. The summed E-state index contributed by atoms with van der Waals surface area (Å²) in [4.78, 5) is 0. The second-order valence-electron chi connectivity index (χ2n) is 0.455.